The predicted octanol–water partition coefficient (Wildman–Crippen LogP) is 1.64. The lowest BCUT2D eigenvalue weighted by Gasteiger charge is -2.30. The molecule has 1 N–H and O–H groups in total. The lowest BCUT2D eigenvalue weighted by molar-refractivity contribution is -0.140. The molecule has 2 heterocycles. The number of nitrogens with one attached hydrogen (secondary N) is 1. The Hall–Kier alpha value is -2.57. The Morgan fingerprint density at radius 3 is 1.65 bits per heavy atom. The Labute approximate surface area is 302 Å². The Bertz CT molecular complexity index is 1090. The van der Waals surface area contributed by atoms with Gasteiger partial charge in [-0.1, -0.05) is 19.1 Å². The minimum Gasteiger partial charge on any atom is -0.379 e. The number of hydrogen-bond donors (Lipinski definition) is 1. The Balaban J connectivity index is 1.04. The molecule has 292 valence electrons. The third kappa shape index (κ3) is 18.7. The van der Waals surface area contributed by atoms with Gasteiger partial charge in [0, 0.05) is 31.4 Å². The van der Waals surface area contributed by atoms with Crippen molar-refractivity contribution in [1.82, 2.24) is 25.2 Å². The maximum atomic E-state index is 12.7. The third-order valence-corrected chi connectivity index (χ3v) is 8.57. The number of amides is 3. The first kappa shape index (κ1) is 42.8. The molecule has 1 aliphatic carbocycles. The molecule has 0 spiro atoms. The number of ether oxygens (including phenoxy) is 8. The van der Waals surface area contributed by atoms with Crippen molar-refractivity contribution >= 4 is 17.7 Å². The zero-order chi connectivity index (χ0) is 36.4. The van der Waals surface area contributed by atoms with E-state index in [4.69, 9.17) is 37.9 Å². The van der Waals surface area contributed by atoms with Crippen LogP contribution in [0.5, 0.6) is 0 Å². The van der Waals surface area contributed by atoms with Crippen molar-refractivity contribution in [3.8, 4) is 0 Å². The average molecular weight is 728 g/mol. The summed E-state index contributed by atoms with van der Waals surface area (Å²) in [5.74, 6) is -0.152. The topological polar surface area (TPSA) is 171 Å². The van der Waals surface area contributed by atoms with Gasteiger partial charge in [0.2, 0.25) is 17.7 Å². The number of imide groups is 1. The van der Waals surface area contributed by atoms with Gasteiger partial charge in [0.15, 0.2) is 0 Å². The highest BCUT2D eigenvalue weighted by molar-refractivity contribution is 6.03. The molecule has 3 amide bonds. The first-order valence-electron chi connectivity index (χ1n) is 18.6. The fourth-order valence-corrected chi connectivity index (χ4v) is 5.70. The van der Waals surface area contributed by atoms with Crippen molar-refractivity contribution in [2.75, 3.05) is 112 Å². The summed E-state index contributed by atoms with van der Waals surface area (Å²) >= 11 is 0. The fourth-order valence-electron chi connectivity index (χ4n) is 5.70. The molecule has 51 heavy (non-hydrogen) atoms. The molecule has 0 bridgehead atoms. The number of carbonyl (C=O) groups excluding carboxylic acids is 3. The molecular formula is C35H61N5O11. The van der Waals surface area contributed by atoms with Gasteiger partial charge in [-0.2, -0.15) is 0 Å². The molecule has 16 nitrogen and oxygen atoms in total. The Morgan fingerprint density at radius 2 is 1.20 bits per heavy atom. The van der Waals surface area contributed by atoms with Gasteiger partial charge in [-0.25, -0.2) is 4.68 Å². The van der Waals surface area contributed by atoms with Crippen LogP contribution in [0, 0.1) is 17.8 Å². The highest BCUT2D eigenvalue weighted by Crippen LogP contribution is 2.31. The van der Waals surface area contributed by atoms with Crippen molar-refractivity contribution in [2.24, 2.45) is 17.8 Å². The molecule has 1 atom stereocenters. The molecular weight excluding hydrogens is 666 g/mol. The van der Waals surface area contributed by atoms with Crippen molar-refractivity contribution < 1.29 is 52.3 Å². The molecule has 16 heteroatoms. The first-order valence-corrected chi connectivity index (χ1v) is 18.6. The van der Waals surface area contributed by atoms with Crippen LogP contribution in [0.25, 0.3) is 0 Å². The molecule has 3 rings (SSSR count). The second-order valence-corrected chi connectivity index (χ2v) is 12.8. The molecule has 1 aromatic rings. The van der Waals surface area contributed by atoms with E-state index in [-0.39, 0.29) is 35.5 Å². The van der Waals surface area contributed by atoms with Gasteiger partial charge in [0.05, 0.1) is 118 Å². The normalized spacial score (nSPS) is 19.3. The highest BCUT2D eigenvalue weighted by Gasteiger charge is 2.37. The Morgan fingerprint density at radius 1 is 0.725 bits per heavy atom. The summed E-state index contributed by atoms with van der Waals surface area (Å²) < 4.78 is 45.5. The third-order valence-electron chi connectivity index (χ3n) is 8.57. The van der Waals surface area contributed by atoms with E-state index < -0.39 is 0 Å². The van der Waals surface area contributed by atoms with Crippen LogP contribution >= 0.6 is 0 Å². The SMILES string of the molecule is CCCOCCOCCOCCOCCOCCOCCOCCOCCn1cc(CNC(=O)C2CCC(CN3C(=O)CC(C)C3=O)CC2)nn1. The summed E-state index contributed by atoms with van der Waals surface area (Å²) in [6, 6.07) is 0. The molecule has 1 aromatic heterocycles. The van der Waals surface area contributed by atoms with E-state index in [2.05, 4.69) is 22.6 Å². The molecule has 2 aliphatic rings. The van der Waals surface area contributed by atoms with Crippen molar-refractivity contribution in [3.63, 3.8) is 0 Å². The van der Waals surface area contributed by atoms with Gasteiger partial charge in [-0.3, -0.25) is 19.3 Å². The number of likely N-dealkylation sites (tertiary alicyclic amines) is 1. The van der Waals surface area contributed by atoms with E-state index >= 15 is 0 Å². The largest absolute Gasteiger partial charge is 0.379 e. The summed E-state index contributed by atoms with van der Waals surface area (Å²) in [6.07, 6.45) is 6.29. The van der Waals surface area contributed by atoms with E-state index in [1.807, 2.05) is 0 Å². The highest BCUT2D eigenvalue weighted by atomic mass is 16.6. The number of hydrogen-bond acceptors (Lipinski definition) is 13. The number of carbonyl (C=O) groups is 3. The van der Waals surface area contributed by atoms with E-state index in [0.717, 1.165) is 38.7 Å². The Kier molecular flexibility index (Phi) is 22.8. The van der Waals surface area contributed by atoms with Crippen molar-refractivity contribution in [2.45, 2.75) is 65.5 Å². The van der Waals surface area contributed by atoms with Crippen LogP contribution in [0.1, 0.15) is 58.1 Å². The first-order chi connectivity index (χ1) is 25.0. The van der Waals surface area contributed by atoms with Crippen LogP contribution < -0.4 is 5.32 Å². The molecule has 1 saturated carbocycles. The number of rotatable bonds is 31. The summed E-state index contributed by atoms with van der Waals surface area (Å²) in [5.41, 5.74) is 0.683. The van der Waals surface area contributed by atoms with Crippen LogP contribution in [0.3, 0.4) is 0 Å². The molecule has 2 fully saturated rings. The van der Waals surface area contributed by atoms with Gasteiger partial charge < -0.3 is 43.2 Å². The summed E-state index contributed by atoms with van der Waals surface area (Å²) in [6.45, 7) is 13.7. The van der Waals surface area contributed by atoms with Gasteiger partial charge in [-0.15, -0.1) is 5.10 Å². The quantitative estimate of drug-likeness (QED) is 0.0866. The van der Waals surface area contributed by atoms with E-state index in [1.165, 1.54) is 4.90 Å². The van der Waals surface area contributed by atoms with Gasteiger partial charge >= 0.3 is 0 Å². The second-order valence-electron chi connectivity index (χ2n) is 12.8. The maximum absolute atomic E-state index is 12.7. The number of nitrogens with zero attached hydrogens (tertiary/aromatic N) is 4. The molecule has 1 saturated heterocycles. The minimum absolute atomic E-state index is 0.00761. The zero-order valence-electron chi connectivity index (χ0n) is 30.8. The lowest BCUT2D eigenvalue weighted by Crippen LogP contribution is -2.38. The molecule has 1 unspecified atom stereocenters. The average Bonchev–Trinajstić information content (AvgIpc) is 3.69. The summed E-state index contributed by atoms with van der Waals surface area (Å²) in [5, 5.41) is 11.2. The van der Waals surface area contributed by atoms with Crippen LogP contribution in [-0.4, -0.2) is 150 Å². The molecule has 0 radical (unpaired) electrons. The minimum atomic E-state index is -0.215. The molecule has 1 aliphatic heterocycles. The van der Waals surface area contributed by atoms with E-state index in [9.17, 15) is 14.4 Å². The summed E-state index contributed by atoms with van der Waals surface area (Å²) in [4.78, 5) is 38.4. The van der Waals surface area contributed by atoms with Crippen LogP contribution in [-0.2, 0) is 65.4 Å². The maximum Gasteiger partial charge on any atom is 0.232 e. The fraction of sp³-hybridized carbons (Fsp3) is 0.857. The standard InChI is InChI=1S/C35H61N5O11/c1-3-9-44-11-13-46-15-17-48-19-21-50-23-24-51-22-20-49-18-16-47-14-12-45-10-8-39-28-32(37-38-39)26-36-34(42)31-6-4-30(5-7-31)27-40-33(41)25-29(2)35(40)43/h28-31H,3-27H2,1-2H3,(H,36,42). The van der Waals surface area contributed by atoms with E-state index in [1.54, 1.807) is 17.8 Å². The zero-order valence-corrected chi connectivity index (χ0v) is 30.8. The summed E-state index contributed by atoms with van der Waals surface area (Å²) in [7, 11) is 0. The smallest absolute Gasteiger partial charge is 0.232 e. The molecule has 0 aromatic carbocycles. The van der Waals surface area contributed by atoms with Crippen LogP contribution in [0.4, 0.5) is 0 Å². The van der Waals surface area contributed by atoms with E-state index in [0.29, 0.717) is 131 Å². The van der Waals surface area contributed by atoms with Crippen LogP contribution in [0.15, 0.2) is 6.20 Å². The predicted molar refractivity (Wildman–Crippen MR) is 185 cm³/mol. The second kappa shape index (κ2) is 27.1. The van der Waals surface area contributed by atoms with Crippen molar-refractivity contribution in [3.05, 3.63) is 11.9 Å². The van der Waals surface area contributed by atoms with Crippen molar-refractivity contribution in [1.29, 1.82) is 0 Å². The lowest BCUT2D eigenvalue weighted by atomic mass is 9.81. The van der Waals surface area contributed by atoms with Gasteiger partial charge in [-0.05, 0) is 38.0 Å². The number of aromatic nitrogens is 3. The van der Waals surface area contributed by atoms with Gasteiger partial charge in [0.1, 0.15) is 5.69 Å². The van der Waals surface area contributed by atoms with Gasteiger partial charge in [0.25, 0.3) is 0 Å². The van der Waals surface area contributed by atoms with Crippen LogP contribution in [0.2, 0.25) is 0 Å². The monoisotopic (exact) mass is 727 g/mol.